The summed E-state index contributed by atoms with van der Waals surface area (Å²) in [5.41, 5.74) is 5.28. The van der Waals surface area contributed by atoms with Gasteiger partial charge in [0.1, 0.15) is 0 Å². The number of nitrogens with one attached hydrogen (secondary N) is 1. The number of fused-ring (bicyclic) bond motifs is 1. The van der Waals surface area contributed by atoms with E-state index in [1.807, 2.05) is 22.9 Å². The second-order valence-electron chi connectivity index (χ2n) is 10.6. The van der Waals surface area contributed by atoms with Crippen LogP contribution in [0.2, 0.25) is 0 Å². The minimum absolute atomic E-state index is 0.0196. The zero-order valence-electron chi connectivity index (χ0n) is 22.7. The van der Waals surface area contributed by atoms with Gasteiger partial charge in [-0.1, -0.05) is 54.8 Å². The van der Waals surface area contributed by atoms with Crippen LogP contribution in [0.5, 0.6) is 0 Å². The fourth-order valence-corrected chi connectivity index (χ4v) is 5.50. The Morgan fingerprint density at radius 3 is 2.82 bits per heavy atom. The molecule has 2 atom stereocenters. The van der Waals surface area contributed by atoms with Crippen molar-refractivity contribution >= 4 is 10.9 Å². The first kappa shape index (κ1) is 26.3. The quantitative estimate of drug-likeness (QED) is 0.306. The van der Waals surface area contributed by atoms with Crippen molar-refractivity contribution in [3.8, 4) is 0 Å². The van der Waals surface area contributed by atoms with E-state index in [0.29, 0.717) is 13.1 Å². The summed E-state index contributed by atoms with van der Waals surface area (Å²) in [7, 11) is 0. The minimum atomic E-state index is -0.0453. The van der Waals surface area contributed by atoms with E-state index in [4.69, 9.17) is 4.74 Å². The lowest BCUT2D eigenvalue weighted by molar-refractivity contribution is 0.0891. The van der Waals surface area contributed by atoms with E-state index in [0.717, 1.165) is 67.5 Å². The maximum absolute atomic E-state index is 13.2. The highest BCUT2D eigenvalue weighted by atomic mass is 16.5. The van der Waals surface area contributed by atoms with E-state index >= 15 is 0 Å². The molecule has 8 heteroatoms. The molecule has 0 saturated carbocycles. The molecule has 0 bridgehead atoms. The number of pyridine rings is 1. The lowest BCUT2D eigenvalue weighted by atomic mass is 10.0. The largest absolute Gasteiger partial charge is 0.376 e. The maximum Gasteiger partial charge on any atom is 0.252 e. The molecule has 0 amide bonds. The van der Waals surface area contributed by atoms with E-state index in [9.17, 15) is 4.79 Å². The molecule has 0 spiro atoms. The molecule has 1 aliphatic heterocycles. The maximum atomic E-state index is 13.2. The number of aromatic amines is 1. The molecule has 38 heavy (non-hydrogen) atoms. The molecule has 5 rings (SSSR count). The van der Waals surface area contributed by atoms with Gasteiger partial charge < -0.3 is 9.72 Å². The van der Waals surface area contributed by atoms with Gasteiger partial charge in [-0.15, -0.1) is 5.10 Å². The molecule has 200 valence electrons. The van der Waals surface area contributed by atoms with Crippen LogP contribution < -0.4 is 5.56 Å². The van der Waals surface area contributed by atoms with Gasteiger partial charge in [0.2, 0.25) is 0 Å². The van der Waals surface area contributed by atoms with Crippen molar-refractivity contribution in [3.63, 3.8) is 0 Å². The topological polar surface area (TPSA) is 88.9 Å². The van der Waals surface area contributed by atoms with Gasteiger partial charge in [0.15, 0.2) is 5.82 Å². The summed E-state index contributed by atoms with van der Waals surface area (Å²) in [5, 5.41) is 14.0. The van der Waals surface area contributed by atoms with Crippen LogP contribution in [-0.4, -0.2) is 49.3 Å². The van der Waals surface area contributed by atoms with Crippen molar-refractivity contribution in [1.29, 1.82) is 0 Å². The lowest BCUT2D eigenvalue weighted by Gasteiger charge is -2.31. The Morgan fingerprint density at radius 2 is 2.03 bits per heavy atom. The Morgan fingerprint density at radius 1 is 1.16 bits per heavy atom. The molecule has 2 aromatic carbocycles. The monoisotopic (exact) mass is 514 g/mol. The van der Waals surface area contributed by atoms with Gasteiger partial charge in [-0.2, -0.15) is 0 Å². The van der Waals surface area contributed by atoms with E-state index in [1.54, 1.807) is 0 Å². The summed E-state index contributed by atoms with van der Waals surface area (Å²) < 4.78 is 7.81. The second-order valence-corrected chi connectivity index (χ2v) is 10.6. The molecule has 1 N–H and O–H groups in total. The van der Waals surface area contributed by atoms with Crippen LogP contribution in [-0.2, 0) is 24.2 Å². The Bertz CT molecular complexity index is 1420. The van der Waals surface area contributed by atoms with Gasteiger partial charge in [0, 0.05) is 30.8 Å². The lowest BCUT2D eigenvalue weighted by Crippen LogP contribution is -2.35. The summed E-state index contributed by atoms with van der Waals surface area (Å²) in [6.45, 7) is 9.14. The normalized spacial score (nSPS) is 16.5. The van der Waals surface area contributed by atoms with Gasteiger partial charge in [-0.25, -0.2) is 4.68 Å². The van der Waals surface area contributed by atoms with Crippen molar-refractivity contribution in [2.75, 3.05) is 13.2 Å². The average Bonchev–Trinajstić information content (AvgIpc) is 3.58. The van der Waals surface area contributed by atoms with Crippen molar-refractivity contribution in [1.82, 2.24) is 30.1 Å². The Labute approximate surface area is 224 Å². The molecule has 0 radical (unpaired) electrons. The van der Waals surface area contributed by atoms with E-state index in [2.05, 4.69) is 76.5 Å². The summed E-state index contributed by atoms with van der Waals surface area (Å²) in [6.07, 6.45) is 5.00. The highest BCUT2D eigenvalue weighted by Crippen LogP contribution is 2.27. The zero-order chi connectivity index (χ0) is 26.5. The number of ether oxygens (including phenoxy) is 1. The fraction of sp³-hybridized carbons (Fsp3) is 0.467. The number of H-pyrrole nitrogens is 1. The van der Waals surface area contributed by atoms with Crippen LogP contribution in [0.4, 0.5) is 0 Å². The molecule has 1 fully saturated rings. The van der Waals surface area contributed by atoms with Crippen molar-refractivity contribution < 1.29 is 4.74 Å². The minimum Gasteiger partial charge on any atom is -0.376 e. The Kier molecular flexibility index (Phi) is 8.29. The highest BCUT2D eigenvalue weighted by molar-refractivity contribution is 5.79. The number of rotatable bonds is 11. The molecule has 0 unspecified atom stereocenters. The van der Waals surface area contributed by atoms with Gasteiger partial charge >= 0.3 is 0 Å². The van der Waals surface area contributed by atoms with Gasteiger partial charge in [0.25, 0.3) is 5.56 Å². The second kappa shape index (κ2) is 12.0. The molecule has 1 saturated heterocycles. The molecule has 3 heterocycles. The van der Waals surface area contributed by atoms with Crippen LogP contribution in [0.25, 0.3) is 10.9 Å². The number of hydrogen-bond acceptors (Lipinski definition) is 6. The predicted molar refractivity (Wildman–Crippen MR) is 149 cm³/mol. The smallest absolute Gasteiger partial charge is 0.252 e. The van der Waals surface area contributed by atoms with E-state index < -0.39 is 0 Å². The fourth-order valence-electron chi connectivity index (χ4n) is 5.50. The predicted octanol–water partition coefficient (Wildman–Crippen LogP) is 4.90. The third kappa shape index (κ3) is 6.19. The first-order valence-corrected chi connectivity index (χ1v) is 13.8. The molecule has 1 aliphatic rings. The number of hydrogen-bond donors (Lipinski definition) is 1. The third-order valence-electron chi connectivity index (χ3n) is 7.48. The summed E-state index contributed by atoms with van der Waals surface area (Å²) >= 11 is 0. The average molecular weight is 515 g/mol. The van der Waals surface area contributed by atoms with Crippen LogP contribution in [0.3, 0.4) is 0 Å². The van der Waals surface area contributed by atoms with E-state index in [-0.39, 0.29) is 17.7 Å². The molecular weight excluding hydrogens is 476 g/mol. The number of nitrogens with zero attached hydrogens (tertiary/aromatic N) is 5. The highest BCUT2D eigenvalue weighted by Gasteiger charge is 2.28. The standard InChI is InChI=1S/C30H38N6O2/c1-4-7-28(29-32-33-34-36(29)20-26-10-6-15-38-26)35(14-13-23-9-5-8-21(2)16-23)19-25-18-24-17-22(3)11-12-27(24)31-30(25)37/h5,8-9,11-12,16-18,26,28H,4,6-7,10,13-15,19-20H2,1-3H3,(H,31,37)/t26-,28-/m0/s1. The summed E-state index contributed by atoms with van der Waals surface area (Å²) in [4.78, 5) is 18.7. The first-order valence-electron chi connectivity index (χ1n) is 13.8. The van der Waals surface area contributed by atoms with Gasteiger partial charge in [-0.3, -0.25) is 9.69 Å². The molecule has 0 aliphatic carbocycles. The number of tetrazole rings is 1. The number of aromatic nitrogens is 5. The van der Waals surface area contributed by atoms with Crippen molar-refractivity contribution in [2.45, 2.75) is 78.1 Å². The first-order chi connectivity index (χ1) is 18.5. The van der Waals surface area contributed by atoms with Crippen LogP contribution in [0, 0.1) is 13.8 Å². The molecule has 2 aromatic heterocycles. The van der Waals surface area contributed by atoms with Crippen LogP contribution >= 0.6 is 0 Å². The number of aryl methyl sites for hydroxylation is 2. The van der Waals surface area contributed by atoms with Gasteiger partial charge in [0.05, 0.1) is 18.7 Å². The zero-order valence-corrected chi connectivity index (χ0v) is 22.7. The molecular formula is C30H38N6O2. The summed E-state index contributed by atoms with van der Waals surface area (Å²) in [6, 6.07) is 16.8. The third-order valence-corrected chi connectivity index (χ3v) is 7.48. The summed E-state index contributed by atoms with van der Waals surface area (Å²) in [5.74, 6) is 0.847. The number of benzene rings is 2. The van der Waals surface area contributed by atoms with Crippen LogP contribution in [0.15, 0.2) is 53.3 Å². The Hall–Kier alpha value is -3.36. The van der Waals surface area contributed by atoms with Gasteiger partial charge in [-0.05, 0) is 79.1 Å². The Balaban J connectivity index is 1.48. The molecule has 4 aromatic rings. The van der Waals surface area contributed by atoms with E-state index in [1.165, 1.54) is 16.7 Å². The van der Waals surface area contributed by atoms with Crippen LogP contribution in [0.1, 0.15) is 66.7 Å². The SMILES string of the molecule is CCC[C@@H](c1nnnn1C[C@@H]1CCCO1)N(CCc1cccc(C)c1)Cc1cc2cc(C)ccc2[nH]c1=O. The van der Waals surface area contributed by atoms with Crippen molar-refractivity contribution in [2.24, 2.45) is 0 Å². The van der Waals surface area contributed by atoms with Crippen molar-refractivity contribution in [3.05, 3.63) is 87.0 Å². The molecule has 8 nitrogen and oxygen atoms in total.